The van der Waals surface area contributed by atoms with Crippen molar-refractivity contribution in [3.63, 3.8) is 0 Å². The van der Waals surface area contributed by atoms with Crippen LogP contribution in [0.5, 0.6) is 0 Å². The number of carbonyl (C=O) groups excluding carboxylic acids is 1. The summed E-state index contributed by atoms with van der Waals surface area (Å²) in [5.41, 5.74) is 1.46. The topological polar surface area (TPSA) is 45.2 Å². The van der Waals surface area contributed by atoms with Crippen LogP contribution in [-0.4, -0.2) is 24.0 Å². The van der Waals surface area contributed by atoms with Gasteiger partial charge in [0.15, 0.2) is 0 Å². The quantitative estimate of drug-likeness (QED) is 0.929. The highest BCUT2D eigenvalue weighted by Crippen LogP contribution is 2.19. The molecule has 0 bridgehead atoms. The molecule has 5 heteroatoms. The molecule has 1 N–H and O–H groups in total. The Hall–Kier alpha value is -2.43. The lowest BCUT2D eigenvalue weighted by Gasteiger charge is -2.21. The Morgan fingerprint density at radius 3 is 2.38 bits per heavy atom. The first kappa shape index (κ1) is 16.4. The summed E-state index contributed by atoms with van der Waals surface area (Å²) >= 11 is 0. The van der Waals surface area contributed by atoms with Crippen molar-refractivity contribution < 1.29 is 9.18 Å². The molecule has 2 aromatic rings. The van der Waals surface area contributed by atoms with E-state index in [1.54, 1.807) is 18.3 Å². The van der Waals surface area contributed by atoms with Crippen molar-refractivity contribution in [3.8, 4) is 0 Å². The van der Waals surface area contributed by atoms with Gasteiger partial charge in [-0.1, -0.05) is 25.0 Å². The van der Waals surface area contributed by atoms with Crippen LogP contribution in [0.25, 0.3) is 0 Å². The fourth-order valence-corrected chi connectivity index (χ4v) is 2.94. The molecule has 4 nitrogen and oxygen atoms in total. The van der Waals surface area contributed by atoms with E-state index in [9.17, 15) is 9.18 Å². The normalized spacial score (nSPS) is 15.0. The Morgan fingerprint density at radius 2 is 1.75 bits per heavy atom. The number of hydrogen-bond acceptors (Lipinski definition) is 3. The lowest BCUT2D eigenvalue weighted by Crippen LogP contribution is -2.24. The molecular weight excluding hydrogens is 305 g/mol. The number of nitrogens with zero attached hydrogens (tertiary/aromatic N) is 2. The Morgan fingerprint density at radius 1 is 1.04 bits per heavy atom. The predicted molar refractivity (Wildman–Crippen MR) is 93.7 cm³/mol. The summed E-state index contributed by atoms with van der Waals surface area (Å²) in [6.07, 6.45) is 6.90. The highest BCUT2D eigenvalue weighted by atomic mass is 19.1. The van der Waals surface area contributed by atoms with Gasteiger partial charge in [-0.05, 0) is 42.7 Å². The van der Waals surface area contributed by atoms with Crippen molar-refractivity contribution in [1.29, 1.82) is 0 Å². The summed E-state index contributed by atoms with van der Waals surface area (Å²) in [7, 11) is 0. The van der Waals surface area contributed by atoms with Gasteiger partial charge in [-0.3, -0.25) is 4.79 Å². The molecule has 1 saturated heterocycles. The molecule has 1 aliphatic heterocycles. The first-order chi connectivity index (χ1) is 11.7. The third-order valence-corrected chi connectivity index (χ3v) is 4.24. The van der Waals surface area contributed by atoms with E-state index in [-0.39, 0.29) is 18.1 Å². The van der Waals surface area contributed by atoms with E-state index >= 15 is 0 Å². The fraction of sp³-hybridized carbons (Fsp3) is 0.368. The molecule has 3 rings (SSSR count). The Bertz CT molecular complexity index is 662. The minimum absolute atomic E-state index is 0.133. The summed E-state index contributed by atoms with van der Waals surface area (Å²) in [4.78, 5) is 18.8. The minimum Gasteiger partial charge on any atom is -0.357 e. The Balaban J connectivity index is 1.57. The molecule has 1 aromatic heterocycles. The van der Waals surface area contributed by atoms with Crippen LogP contribution in [0.2, 0.25) is 0 Å². The van der Waals surface area contributed by atoms with Crippen LogP contribution in [0.3, 0.4) is 0 Å². The average Bonchev–Trinajstić information content (AvgIpc) is 2.87. The SMILES string of the molecule is O=C(Cc1ccc(F)cc1)Nc1ccc(N2CCCCCC2)nc1. The second-order valence-electron chi connectivity index (χ2n) is 6.16. The standard InChI is InChI=1S/C19H22FN3O/c20-16-7-5-15(6-8-16)13-19(24)22-17-9-10-18(21-14-17)23-11-3-1-2-4-12-23/h5-10,14H,1-4,11-13H2,(H,22,24). The van der Waals surface area contributed by atoms with Crippen LogP contribution >= 0.6 is 0 Å². The van der Waals surface area contributed by atoms with E-state index in [4.69, 9.17) is 0 Å². The number of benzene rings is 1. The third-order valence-electron chi connectivity index (χ3n) is 4.24. The second-order valence-corrected chi connectivity index (χ2v) is 6.16. The molecule has 0 saturated carbocycles. The molecule has 0 unspecified atom stereocenters. The summed E-state index contributed by atoms with van der Waals surface area (Å²) in [5.74, 6) is 0.534. The second kappa shape index (κ2) is 7.90. The van der Waals surface area contributed by atoms with Crippen molar-refractivity contribution in [2.24, 2.45) is 0 Å². The molecule has 0 spiro atoms. The number of amides is 1. The van der Waals surface area contributed by atoms with Gasteiger partial charge in [-0.2, -0.15) is 0 Å². The van der Waals surface area contributed by atoms with E-state index in [2.05, 4.69) is 15.2 Å². The summed E-state index contributed by atoms with van der Waals surface area (Å²) in [5, 5.41) is 2.83. The molecule has 126 valence electrons. The van der Waals surface area contributed by atoms with Gasteiger partial charge < -0.3 is 10.2 Å². The highest BCUT2D eigenvalue weighted by Gasteiger charge is 2.11. The van der Waals surface area contributed by atoms with Crippen LogP contribution in [-0.2, 0) is 11.2 Å². The van der Waals surface area contributed by atoms with Crippen LogP contribution < -0.4 is 10.2 Å². The number of nitrogens with one attached hydrogen (secondary N) is 1. The predicted octanol–water partition coefficient (Wildman–Crippen LogP) is 3.78. The zero-order chi connectivity index (χ0) is 16.8. The van der Waals surface area contributed by atoms with Crippen LogP contribution in [0.15, 0.2) is 42.6 Å². The van der Waals surface area contributed by atoms with Gasteiger partial charge in [-0.25, -0.2) is 9.37 Å². The van der Waals surface area contributed by atoms with E-state index < -0.39 is 0 Å². The van der Waals surface area contributed by atoms with Crippen molar-refractivity contribution in [2.75, 3.05) is 23.3 Å². The van der Waals surface area contributed by atoms with Gasteiger partial charge in [0.05, 0.1) is 18.3 Å². The van der Waals surface area contributed by atoms with E-state index in [1.807, 2.05) is 12.1 Å². The molecule has 1 amide bonds. The van der Waals surface area contributed by atoms with Gasteiger partial charge in [0.25, 0.3) is 0 Å². The van der Waals surface area contributed by atoms with E-state index in [0.717, 1.165) is 24.5 Å². The van der Waals surface area contributed by atoms with Gasteiger partial charge in [0.2, 0.25) is 5.91 Å². The highest BCUT2D eigenvalue weighted by molar-refractivity contribution is 5.92. The van der Waals surface area contributed by atoms with Gasteiger partial charge >= 0.3 is 0 Å². The number of hydrogen-bond donors (Lipinski definition) is 1. The number of rotatable bonds is 4. The zero-order valence-corrected chi connectivity index (χ0v) is 13.7. The van der Waals surface area contributed by atoms with Crippen LogP contribution in [0, 0.1) is 5.82 Å². The number of carbonyl (C=O) groups is 1. The van der Waals surface area contributed by atoms with Crippen LogP contribution in [0.1, 0.15) is 31.2 Å². The van der Waals surface area contributed by atoms with Gasteiger partial charge in [0, 0.05) is 13.1 Å². The third kappa shape index (κ3) is 4.54. The lowest BCUT2D eigenvalue weighted by molar-refractivity contribution is -0.115. The molecule has 1 aliphatic rings. The van der Waals surface area contributed by atoms with Crippen molar-refractivity contribution >= 4 is 17.4 Å². The molecule has 1 aromatic carbocycles. The smallest absolute Gasteiger partial charge is 0.228 e. The fourth-order valence-electron chi connectivity index (χ4n) is 2.94. The molecule has 1 fully saturated rings. The minimum atomic E-state index is -0.299. The van der Waals surface area contributed by atoms with Gasteiger partial charge in [-0.15, -0.1) is 0 Å². The monoisotopic (exact) mass is 327 g/mol. The zero-order valence-electron chi connectivity index (χ0n) is 13.7. The first-order valence-electron chi connectivity index (χ1n) is 8.46. The number of anilines is 2. The Kier molecular flexibility index (Phi) is 5.41. The molecule has 2 heterocycles. The molecule has 0 radical (unpaired) electrons. The maximum Gasteiger partial charge on any atom is 0.228 e. The van der Waals surface area contributed by atoms with Crippen molar-refractivity contribution in [1.82, 2.24) is 4.98 Å². The van der Waals surface area contributed by atoms with Crippen LogP contribution in [0.4, 0.5) is 15.9 Å². The maximum absolute atomic E-state index is 12.9. The molecule has 24 heavy (non-hydrogen) atoms. The Labute approximate surface area is 141 Å². The lowest BCUT2D eigenvalue weighted by atomic mass is 10.1. The summed E-state index contributed by atoms with van der Waals surface area (Å²) < 4.78 is 12.9. The van der Waals surface area contributed by atoms with E-state index in [0.29, 0.717) is 5.69 Å². The summed E-state index contributed by atoms with van der Waals surface area (Å²) in [6, 6.07) is 9.81. The molecule has 0 aliphatic carbocycles. The molecule has 0 atom stereocenters. The number of pyridine rings is 1. The van der Waals surface area contributed by atoms with Gasteiger partial charge in [0.1, 0.15) is 11.6 Å². The first-order valence-corrected chi connectivity index (χ1v) is 8.46. The van der Waals surface area contributed by atoms with Crippen molar-refractivity contribution in [3.05, 3.63) is 54.0 Å². The van der Waals surface area contributed by atoms with E-state index in [1.165, 1.54) is 37.8 Å². The van der Waals surface area contributed by atoms with Crippen molar-refractivity contribution in [2.45, 2.75) is 32.1 Å². The largest absolute Gasteiger partial charge is 0.357 e. The molecular formula is C19H22FN3O. The summed E-state index contributed by atoms with van der Waals surface area (Å²) in [6.45, 7) is 2.09. The number of aromatic nitrogens is 1. The number of halogens is 1. The maximum atomic E-state index is 12.9. The average molecular weight is 327 g/mol.